The SMILES string of the molecule is O=S(=O)([O-])c1ccc([O-])c(N=Nc2c(S(=O)(=O)[O-])cc3cc(Nc4nc(Cl)nc(Nc5ccc6c([O-])c(N=Nc7cc(S(=O)(=O)[O-])ccc7[O-])c(S(=O)(=O)[O-])cc6c5)n4)ccc3c2[O-])c1.[Cu+2].[Cu+2].[H+].[H+].[H+].[H+]. The zero-order valence-electron chi connectivity index (χ0n) is 35.9. The Bertz CT molecular complexity index is 3490. The van der Waals surface area contributed by atoms with E-state index in [0.717, 1.165) is 12.1 Å². The number of nitrogens with zero attached hydrogens (tertiary/aromatic N) is 7. The molecule has 2 N–H and O–H groups in total. The van der Waals surface area contributed by atoms with Crippen molar-refractivity contribution in [2.45, 2.75) is 19.6 Å². The normalized spacial score (nSPS) is 12.3. The summed E-state index contributed by atoms with van der Waals surface area (Å²) in [5.41, 5.74) is -3.44. The number of benzene rings is 6. The van der Waals surface area contributed by atoms with Crippen LogP contribution in [0.2, 0.25) is 5.28 Å². The second-order valence-corrected chi connectivity index (χ2v) is 18.7. The molecule has 25 nitrogen and oxygen atoms in total. The Morgan fingerprint density at radius 3 is 1.19 bits per heavy atom. The van der Waals surface area contributed by atoms with E-state index in [4.69, 9.17) is 11.6 Å². The summed E-state index contributed by atoms with van der Waals surface area (Å²) in [4.78, 5) is 7.94. The van der Waals surface area contributed by atoms with Gasteiger partial charge in [-0.2, -0.15) is 25.2 Å². The molecular weight excluding hydrogens is 1090 g/mol. The predicted octanol–water partition coefficient (Wildman–Crippen LogP) is 3.51. The molecule has 6 aromatic carbocycles. The Balaban J connectivity index is 0.00000420. The minimum absolute atomic E-state index is 0. The number of anilines is 4. The largest absolute Gasteiger partial charge is 2.00 e. The predicted molar refractivity (Wildman–Crippen MR) is 215 cm³/mol. The van der Waals surface area contributed by atoms with Gasteiger partial charge in [-0.15, -0.1) is 10.2 Å². The van der Waals surface area contributed by atoms with Crippen LogP contribution in [0, 0.1) is 0 Å². The van der Waals surface area contributed by atoms with Gasteiger partial charge < -0.3 is 49.3 Å². The minimum Gasteiger partial charge on any atom is -0.871 e. The quantitative estimate of drug-likeness (QED) is 0.100. The molecule has 0 saturated carbocycles. The van der Waals surface area contributed by atoms with Crippen molar-refractivity contribution < 1.29 is 112 Å². The molecule has 32 heteroatoms. The van der Waals surface area contributed by atoms with E-state index in [-0.39, 0.29) is 84.7 Å². The van der Waals surface area contributed by atoms with E-state index in [9.17, 15) is 72.3 Å². The summed E-state index contributed by atoms with van der Waals surface area (Å²) >= 11 is 6.12. The number of halogens is 1. The van der Waals surface area contributed by atoms with Crippen LogP contribution in [0.3, 0.4) is 0 Å². The van der Waals surface area contributed by atoms with Crippen molar-refractivity contribution >= 4 is 120 Å². The molecule has 7 aromatic rings. The van der Waals surface area contributed by atoms with Gasteiger partial charge in [0.15, 0.2) is 0 Å². The van der Waals surface area contributed by atoms with Crippen molar-refractivity contribution in [1.29, 1.82) is 0 Å². The van der Waals surface area contributed by atoms with Crippen molar-refractivity contribution in [3.63, 3.8) is 0 Å². The van der Waals surface area contributed by atoms with Crippen molar-refractivity contribution in [2.75, 3.05) is 10.6 Å². The summed E-state index contributed by atoms with van der Waals surface area (Å²) in [7, 11) is -21.1. The summed E-state index contributed by atoms with van der Waals surface area (Å²) < 4.78 is 142. The van der Waals surface area contributed by atoms with Crippen LogP contribution >= 0.6 is 11.6 Å². The first-order chi connectivity index (χ1) is 30.3. The molecule has 0 saturated heterocycles. The maximum atomic E-state index is 13.4. The maximum absolute atomic E-state index is 13.4. The van der Waals surface area contributed by atoms with E-state index in [1.165, 1.54) is 36.4 Å². The van der Waals surface area contributed by atoms with E-state index < -0.39 is 111 Å². The number of nitrogens with one attached hydrogen (secondary N) is 2. The summed E-state index contributed by atoms with van der Waals surface area (Å²) in [5, 5.41) is 69.4. The van der Waals surface area contributed by atoms with E-state index in [0.29, 0.717) is 36.4 Å². The Morgan fingerprint density at radius 1 is 0.478 bits per heavy atom. The molecule has 0 aliphatic rings. The number of aromatic nitrogens is 3. The Kier molecular flexibility index (Phi) is 14.8. The fraction of sp³-hybridized carbons (Fsp3) is 0. The number of azo groups is 2. The Labute approximate surface area is 408 Å². The fourth-order valence-electron chi connectivity index (χ4n) is 5.79. The molecule has 0 aliphatic heterocycles. The van der Waals surface area contributed by atoms with Crippen LogP contribution in [-0.2, 0) is 74.6 Å². The average molecular weight is 1110 g/mol. The number of fused-ring (bicyclic) bond motifs is 2. The molecule has 2 radical (unpaired) electrons. The van der Waals surface area contributed by atoms with Crippen molar-refractivity contribution in [3.8, 4) is 23.0 Å². The summed E-state index contributed by atoms with van der Waals surface area (Å²) in [6.07, 6.45) is 0. The standard InChI is InChI=1S/C35H24ClN9O16S4.2Cu/c36-33-39-34(37-17-1-5-21-15(9-17)11-27(64(56,57)58)29(31(21)48)44-42-23-13-19(62(50,51)52)3-7-25(23)46)41-35(40-33)38-18-2-6-22-16(10-18)12-28(65(59,60)61)30(32(22)49)45-43-24-14-20(63(53,54)55)4-8-26(24)47;;/h1-14,46-49H,(H,50,51,52)(H,53,54,55)(H,56,57,58)(H,59,60,61)(H2,37,38,39,40,41);;/q;2*+2/p-4. The van der Waals surface area contributed by atoms with E-state index >= 15 is 0 Å². The van der Waals surface area contributed by atoms with Gasteiger partial charge in [-0.05, 0) is 93.8 Å². The van der Waals surface area contributed by atoms with Crippen LogP contribution in [0.4, 0.5) is 46.0 Å². The zero-order valence-corrected chi connectivity index (χ0v) is 37.8. The molecule has 0 atom stereocenters. The number of hydrogen-bond acceptors (Lipinski definition) is 25. The molecule has 0 fully saturated rings. The average Bonchev–Trinajstić information content (AvgIpc) is 3.19. The topological polar surface area (TPSA) is 433 Å². The first kappa shape index (κ1) is 51.8. The van der Waals surface area contributed by atoms with Gasteiger partial charge in [0.25, 0.3) is 0 Å². The van der Waals surface area contributed by atoms with Crippen molar-refractivity contribution in [2.24, 2.45) is 20.5 Å². The molecular formula is C35H20ClCu2N9O16S4. The van der Waals surface area contributed by atoms with Gasteiger partial charge in [0.1, 0.15) is 40.5 Å². The molecule has 67 heavy (non-hydrogen) atoms. The van der Waals surface area contributed by atoms with Gasteiger partial charge in [0.2, 0.25) is 17.2 Å². The Hall–Kier alpha value is -6.18. The van der Waals surface area contributed by atoms with Gasteiger partial charge in [-0.3, -0.25) is 0 Å². The molecule has 0 unspecified atom stereocenters. The Morgan fingerprint density at radius 2 is 0.851 bits per heavy atom. The summed E-state index contributed by atoms with van der Waals surface area (Å²) in [6, 6.07) is 12.7. The summed E-state index contributed by atoms with van der Waals surface area (Å²) in [6.45, 7) is 0. The van der Waals surface area contributed by atoms with E-state index in [1.807, 2.05) is 0 Å². The molecule has 7 rings (SSSR count). The third-order valence-corrected chi connectivity index (χ3v) is 12.2. The second kappa shape index (κ2) is 19.2. The first-order valence-electron chi connectivity index (χ1n) is 17.1. The van der Waals surface area contributed by atoms with Crippen LogP contribution in [0.15, 0.2) is 125 Å². The molecule has 0 amide bonds. The van der Waals surface area contributed by atoms with E-state index in [1.54, 1.807) is 0 Å². The van der Waals surface area contributed by atoms with Crippen molar-refractivity contribution in [3.05, 3.63) is 90.2 Å². The number of hydrogen-bond donors (Lipinski definition) is 2. The van der Waals surface area contributed by atoms with Crippen molar-refractivity contribution in [1.82, 2.24) is 15.0 Å². The smallest absolute Gasteiger partial charge is 0.871 e. The van der Waals surface area contributed by atoms with Gasteiger partial charge in [0, 0.05) is 11.4 Å². The molecule has 1 aromatic heterocycles. The molecule has 1 heterocycles. The van der Waals surface area contributed by atoms with Gasteiger partial charge in [-0.25, -0.2) is 33.7 Å². The van der Waals surface area contributed by atoms with Gasteiger partial charge in [-0.1, -0.05) is 47.3 Å². The van der Waals surface area contributed by atoms with Crippen LogP contribution in [0.1, 0.15) is 5.71 Å². The minimum atomic E-state index is -5.47. The first-order valence-corrected chi connectivity index (χ1v) is 23.1. The molecule has 0 aliphatic carbocycles. The monoisotopic (exact) mass is 1110 g/mol. The van der Waals surface area contributed by atoms with Crippen LogP contribution in [0.5, 0.6) is 23.0 Å². The third kappa shape index (κ3) is 11.5. The van der Waals surface area contributed by atoms with Crippen LogP contribution in [0.25, 0.3) is 21.5 Å². The fourth-order valence-corrected chi connectivity index (χ4v) is 8.22. The zero-order chi connectivity index (χ0) is 47.4. The van der Waals surface area contributed by atoms with Gasteiger partial charge in [0.05, 0.1) is 42.3 Å². The molecule has 0 spiro atoms. The molecule has 354 valence electrons. The second-order valence-electron chi connectivity index (χ2n) is 13.0. The molecule has 0 bridgehead atoms. The van der Waals surface area contributed by atoms with Crippen LogP contribution in [-0.4, -0.2) is 66.8 Å². The maximum Gasteiger partial charge on any atom is 2.00 e. The number of rotatable bonds is 12. The summed E-state index contributed by atoms with van der Waals surface area (Å²) in [5.74, 6) is -4.77. The third-order valence-electron chi connectivity index (χ3n) is 8.68. The van der Waals surface area contributed by atoms with E-state index in [2.05, 4.69) is 46.0 Å². The van der Waals surface area contributed by atoms with Crippen LogP contribution < -0.4 is 31.1 Å². The van der Waals surface area contributed by atoms with Gasteiger partial charge >= 0.3 is 39.8 Å².